The first-order valence-electron chi connectivity index (χ1n) is 8.00. The van der Waals surface area contributed by atoms with E-state index in [1.165, 1.54) is 0 Å². The second kappa shape index (κ2) is 7.54. The van der Waals surface area contributed by atoms with Crippen molar-refractivity contribution in [1.82, 2.24) is 4.90 Å². The number of ether oxygens (including phenoxy) is 2. The molecule has 2 aromatic rings. The number of amides is 1. The van der Waals surface area contributed by atoms with Gasteiger partial charge in [-0.3, -0.25) is 4.79 Å². The highest BCUT2D eigenvalue weighted by molar-refractivity contribution is 6.36. The second-order valence-electron chi connectivity index (χ2n) is 5.97. The minimum atomic E-state index is -0.103. The Kier molecular flexibility index (Phi) is 5.40. The fourth-order valence-corrected chi connectivity index (χ4v) is 3.25. The topological polar surface area (TPSA) is 38.8 Å². The molecule has 132 valence electrons. The van der Waals surface area contributed by atoms with Gasteiger partial charge in [-0.25, -0.2) is 0 Å². The number of hydrogen-bond acceptors (Lipinski definition) is 3. The number of carbonyl (C=O) groups excluding carboxylic acids is 1. The maximum atomic E-state index is 13.0. The van der Waals surface area contributed by atoms with Gasteiger partial charge in [0.2, 0.25) is 0 Å². The van der Waals surface area contributed by atoms with E-state index in [1.807, 2.05) is 23.1 Å². The Morgan fingerprint density at radius 2 is 1.88 bits per heavy atom. The summed E-state index contributed by atoms with van der Waals surface area (Å²) in [7, 11) is 3.23. The fourth-order valence-electron chi connectivity index (χ4n) is 2.76. The molecule has 0 unspecified atom stereocenters. The van der Waals surface area contributed by atoms with E-state index in [9.17, 15) is 4.79 Å². The van der Waals surface area contributed by atoms with Gasteiger partial charge < -0.3 is 14.4 Å². The normalized spacial score (nSPS) is 13.4. The second-order valence-corrected chi connectivity index (χ2v) is 6.81. The van der Waals surface area contributed by atoms with Gasteiger partial charge in [0.1, 0.15) is 11.5 Å². The lowest BCUT2D eigenvalue weighted by Gasteiger charge is -2.24. The predicted octanol–water partition coefficient (Wildman–Crippen LogP) is 4.82. The predicted molar refractivity (Wildman–Crippen MR) is 98.9 cm³/mol. The van der Waals surface area contributed by atoms with Crippen LogP contribution in [0.4, 0.5) is 0 Å². The molecule has 3 rings (SSSR count). The van der Waals surface area contributed by atoms with Crippen LogP contribution in [0.2, 0.25) is 10.0 Å². The molecule has 1 fully saturated rings. The highest BCUT2D eigenvalue weighted by Gasteiger charge is 2.34. The average Bonchev–Trinajstić information content (AvgIpc) is 3.43. The zero-order chi connectivity index (χ0) is 18.0. The van der Waals surface area contributed by atoms with Crippen molar-refractivity contribution in [1.29, 1.82) is 0 Å². The summed E-state index contributed by atoms with van der Waals surface area (Å²) in [5.41, 5.74) is 1.35. The van der Waals surface area contributed by atoms with E-state index < -0.39 is 0 Å². The Hall–Kier alpha value is -1.91. The van der Waals surface area contributed by atoms with Gasteiger partial charge in [0.15, 0.2) is 0 Å². The third-order valence-corrected chi connectivity index (χ3v) is 4.79. The summed E-state index contributed by atoms with van der Waals surface area (Å²) in [5.74, 6) is 1.35. The van der Waals surface area contributed by atoms with Gasteiger partial charge in [-0.1, -0.05) is 23.2 Å². The molecular weight excluding hydrogens is 361 g/mol. The summed E-state index contributed by atoms with van der Waals surface area (Å²) in [6, 6.07) is 10.7. The molecule has 1 aliphatic rings. The lowest BCUT2D eigenvalue weighted by Crippen LogP contribution is -2.33. The summed E-state index contributed by atoms with van der Waals surface area (Å²) in [4.78, 5) is 14.9. The number of benzene rings is 2. The lowest BCUT2D eigenvalue weighted by molar-refractivity contribution is 0.0729. The van der Waals surface area contributed by atoms with Gasteiger partial charge in [0.05, 0.1) is 31.4 Å². The first-order valence-corrected chi connectivity index (χ1v) is 8.76. The molecule has 25 heavy (non-hydrogen) atoms. The van der Waals surface area contributed by atoms with Crippen LogP contribution in [0, 0.1) is 0 Å². The number of nitrogens with zero attached hydrogens (tertiary/aromatic N) is 1. The van der Waals surface area contributed by atoms with Crippen molar-refractivity contribution in [2.75, 3.05) is 14.2 Å². The van der Waals surface area contributed by atoms with Gasteiger partial charge in [0, 0.05) is 16.6 Å². The molecule has 6 heteroatoms. The van der Waals surface area contributed by atoms with E-state index in [-0.39, 0.29) is 11.9 Å². The Morgan fingerprint density at radius 3 is 2.48 bits per heavy atom. The standard InChI is InChI=1S/C19H19Cl2NO3/c1-24-15-6-8-18(25-2)12(9-15)11-22(14-4-5-14)19(23)16-7-3-13(20)10-17(16)21/h3,6-10,14H,4-5,11H2,1-2H3. The number of halogens is 2. The highest BCUT2D eigenvalue weighted by Crippen LogP contribution is 2.34. The summed E-state index contributed by atoms with van der Waals surface area (Å²) in [6.45, 7) is 0.433. The van der Waals surface area contributed by atoms with E-state index in [0.717, 1.165) is 29.9 Å². The number of methoxy groups -OCH3 is 2. The first-order chi connectivity index (χ1) is 12.0. The third-order valence-electron chi connectivity index (χ3n) is 4.24. The van der Waals surface area contributed by atoms with Crippen molar-refractivity contribution in [3.63, 3.8) is 0 Å². The van der Waals surface area contributed by atoms with Crippen molar-refractivity contribution in [2.24, 2.45) is 0 Å². The molecule has 2 aromatic carbocycles. The van der Waals surface area contributed by atoms with E-state index in [1.54, 1.807) is 32.4 Å². The number of rotatable bonds is 6. The first kappa shape index (κ1) is 17.9. The molecule has 0 aliphatic heterocycles. The molecule has 0 aromatic heterocycles. The number of hydrogen-bond donors (Lipinski definition) is 0. The SMILES string of the molecule is COc1ccc(OC)c(CN(C(=O)c2ccc(Cl)cc2Cl)C2CC2)c1. The summed E-state index contributed by atoms with van der Waals surface area (Å²) < 4.78 is 10.7. The van der Waals surface area contributed by atoms with Crippen LogP contribution in [0.3, 0.4) is 0 Å². The van der Waals surface area contributed by atoms with Crippen LogP contribution in [0.1, 0.15) is 28.8 Å². The molecule has 0 spiro atoms. The molecule has 0 radical (unpaired) electrons. The van der Waals surface area contributed by atoms with E-state index in [2.05, 4.69) is 0 Å². The van der Waals surface area contributed by atoms with Crippen molar-refractivity contribution in [3.8, 4) is 11.5 Å². The van der Waals surface area contributed by atoms with Gasteiger partial charge >= 0.3 is 0 Å². The molecule has 1 aliphatic carbocycles. The maximum absolute atomic E-state index is 13.0. The molecule has 0 heterocycles. The van der Waals surface area contributed by atoms with Crippen LogP contribution in [0.25, 0.3) is 0 Å². The summed E-state index contributed by atoms with van der Waals surface area (Å²) in [5, 5.41) is 0.870. The van der Waals surface area contributed by atoms with E-state index in [0.29, 0.717) is 22.2 Å². The van der Waals surface area contributed by atoms with Crippen LogP contribution < -0.4 is 9.47 Å². The van der Waals surface area contributed by atoms with Gasteiger partial charge in [0.25, 0.3) is 5.91 Å². The zero-order valence-electron chi connectivity index (χ0n) is 14.1. The summed E-state index contributed by atoms with van der Waals surface area (Å²) >= 11 is 12.2. The molecular formula is C19H19Cl2NO3. The molecule has 1 amide bonds. The lowest BCUT2D eigenvalue weighted by atomic mass is 10.1. The largest absolute Gasteiger partial charge is 0.497 e. The van der Waals surface area contributed by atoms with Gasteiger partial charge in [-0.15, -0.1) is 0 Å². The molecule has 1 saturated carbocycles. The Labute approximate surface area is 157 Å². The smallest absolute Gasteiger partial charge is 0.255 e. The zero-order valence-corrected chi connectivity index (χ0v) is 15.6. The molecule has 0 N–H and O–H groups in total. The minimum Gasteiger partial charge on any atom is -0.497 e. The van der Waals surface area contributed by atoms with Crippen LogP contribution in [-0.2, 0) is 6.54 Å². The Bertz CT molecular complexity index is 790. The van der Waals surface area contributed by atoms with Crippen molar-refractivity contribution < 1.29 is 14.3 Å². The number of carbonyl (C=O) groups is 1. The fraction of sp³-hybridized carbons (Fsp3) is 0.316. The van der Waals surface area contributed by atoms with E-state index in [4.69, 9.17) is 32.7 Å². The third kappa shape index (κ3) is 4.02. The molecule has 0 saturated heterocycles. The van der Waals surface area contributed by atoms with Crippen LogP contribution in [0.5, 0.6) is 11.5 Å². The van der Waals surface area contributed by atoms with Crippen molar-refractivity contribution >= 4 is 29.1 Å². The average molecular weight is 380 g/mol. The molecule has 0 atom stereocenters. The molecule has 4 nitrogen and oxygen atoms in total. The van der Waals surface area contributed by atoms with Crippen LogP contribution >= 0.6 is 23.2 Å². The van der Waals surface area contributed by atoms with Gasteiger partial charge in [-0.2, -0.15) is 0 Å². The Balaban J connectivity index is 1.91. The quantitative estimate of drug-likeness (QED) is 0.722. The van der Waals surface area contributed by atoms with Crippen molar-refractivity contribution in [3.05, 3.63) is 57.6 Å². The van der Waals surface area contributed by atoms with Gasteiger partial charge in [-0.05, 0) is 49.2 Å². The Morgan fingerprint density at radius 1 is 1.12 bits per heavy atom. The van der Waals surface area contributed by atoms with Crippen LogP contribution in [0.15, 0.2) is 36.4 Å². The monoisotopic (exact) mass is 379 g/mol. The van der Waals surface area contributed by atoms with Crippen LogP contribution in [-0.4, -0.2) is 31.1 Å². The maximum Gasteiger partial charge on any atom is 0.255 e. The summed E-state index contributed by atoms with van der Waals surface area (Å²) in [6.07, 6.45) is 1.98. The molecule has 0 bridgehead atoms. The minimum absolute atomic E-state index is 0.103. The van der Waals surface area contributed by atoms with E-state index >= 15 is 0 Å². The highest BCUT2D eigenvalue weighted by atomic mass is 35.5. The van der Waals surface area contributed by atoms with Crippen molar-refractivity contribution in [2.45, 2.75) is 25.4 Å².